The van der Waals surface area contributed by atoms with Gasteiger partial charge in [-0.15, -0.1) is 11.8 Å². The fraction of sp³-hybridized carbons (Fsp3) is 0.357. The van der Waals surface area contributed by atoms with Crippen molar-refractivity contribution in [1.82, 2.24) is 0 Å². The van der Waals surface area contributed by atoms with E-state index < -0.39 is 6.09 Å². The molecule has 0 bridgehead atoms. The number of methoxy groups -OCH3 is 2. The van der Waals surface area contributed by atoms with Crippen LogP contribution in [0, 0.1) is 5.41 Å². The van der Waals surface area contributed by atoms with Crippen LogP contribution in [0.2, 0.25) is 0 Å². The van der Waals surface area contributed by atoms with E-state index >= 15 is 0 Å². The van der Waals surface area contributed by atoms with Crippen molar-refractivity contribution in [3.8, 4) is 11.5 Å². The van der Waals surface area contributed by atoms with Crippen molar-refractivity contribution in [2.45, 2.75) is 6.42 Å². The fourth-order valence-corrected chi connectivity index (χ4v) is 2.51. The smallest absolute Gasteiger partial charge is 0.434 e. The second-order valence-corrected chi connectivity index (χ2v) is 5.03. The maximum Gasteiger partial charge on any atom is 0.434 e. The Bertz CT molecular complexity index is 613. The summed E-state index contributed by atoms with van der Waals surface area (Å²) in [7, 11) is 2.81. The van der Waals surface area contributed by atoms with Gasteiger partial charge in [0.15, 0.2) is 11.5 Å². The lowest BCUT2D eigenvalue weighted by Gasteiger charge is -2.11. The number of rotatable bonds is 3. The molecule has 0 spiro atoms. The van der Waals surface area contributed by atoms with Crippen LogP contribution in [0.4, 0.5) is 4.79 Å². The molecule has 1 N–H and O–H groups in total. The van der Waals surface area contributed by atoms with Gasteiger partial charge in [-0.05, 0) is 18.4 Å². The minimum absolute atomic E-state index is 0.154. The van der Waals surface area contributed by atoms with Gasteiger partial charge >= 0.3 is 6.09 Å². The van der Waals surface area contributed by atoms with E-state index in [4.69, 9.17) is 14.9 Å². The van der Waals surface area contributed by atoms with E-state index in [1.807, 2.05) is 6.07 Å². The van der Waals surface area contributed by atoms with Gasteiger partial charge in [0, 0.05) is 17.5 Å². The van der Waals surface area contributed by atoms with Crippen LogP contribution in [-0.2, 0) is 11.2 Å². The predicted molar refractivity (Wildman–Crippen MR) is 82.4 cm³/mol. The van der Waals surface area contributed by atoms with Crippen molar-refractivity contribution >= 4 is 28.6 Å². The maximum absolute atomic E-state index is 11.3. The molecule has 0 unspecified atom stereocenters. The van der Waals surface area contributed by atoms with E-state index in [2.05, 4.69) is 9.73 Å². The molecular formula is C14H16N2O4S. The number of hydrogen-bond acceptors (Lipinski definition) is 6. The number of benzene rings is 1. The number of carbonyl (C=O) groups excluding carboxylic acids is 1. The number of ether oxygens (including phenoxy) is 3. The molecule has 112 valence electrons. The quantitative estimate of drug-likeness (QED) is 0.685. The van der Waals surface area contributed by atoms with Crippen molar-refractivity contribution in [2.75, 3.05) is 27.1 Å². The van der Waals surface area contributed by atoms with Gasteiger partial charge in [-0.1, -0.05) is 0 Å². The third-order valence-electron chi connectivity index (χ3n) is 3.03. The average Bonchev–Trinajstić information content (AvgIpc) is 2.98. The second-order valence-electron chi connectivity index (χ2n) is 4.23. The molecule has 2 rings (SSSR count). The Labute approximate surface area is 127 Å². The van der Waals surface area contributed by atoms with Crippen molar-refractivity contribution in [3.63, 3.8) is 0 Å². The van der Waals surface area contributed by atoms with E-state index in [9.17, 15) is 4.79 Å². The first-order chi connectivity index (χ1) is 10.1. The number of thioether (sulfide) groups is 1. The highest BCUT2D eigenvalue weighted by Gasteiger charge is 2.21. The maximum atomic E-state index is 11.3. The standard InChI is InChI=1S/C14H16N2O4S/c1-18-10-7-9(6-8-4-5-20-12(8)10)11(15)13(21-3)16-14(17)19-2/h6-7,15H,4-5H2,1-3H3. The molecule has 0 atom stereocenters. The molecule has 0 aliphatic carbocycles. The summed E-state index contributed by atoms with van der Waals surface area (Å²) in [6.07, 6.45) is 1.81. The number of hydrogen-bond donors (Lipinski definition) is 1. The molecule has 6 nitrogen and oxygen atoms in total. The molecule has 0 saturated heterocycles. The molecule has 21 heavy (non-hydrogen) atoms. The lowest BCUT2D eigenvalue weighted by Crippen LogP contribution is -2.13. The Balaban J connectivity index is 2.39. The number of fused-ring (bicyclic) bond motifs is 1. The molecule has 0 radical (unpaired) electrons. The molecule has 0 aromatic heterocycles. The SMILES string of the molecule is COC(=O)N=C(SC)C(=N)c1cc2c(c(OC)c1)OCC2. The number of nitrogens with one attached hydrogen (secondary N) is 1. The van der Waals surface area contributed by atoms with Crippen LogP contribution >= 0.6 is 11.8 Å². The molecule has 1 amide bonds. The van der Waals surface area contributed by atoms with Gasteiger partial charge in [0.2, 0.25) is 0 Å². The summed E-state index contributed by atoms with van der Waals surface area (Å²) in [5, 5.41) is 8.53. The average molecular weight is 308 g/mol. The topological polar surface area (TPSA) is 81.0 Å². The highest BCUT2D eigenvalue weighted by molar-refractivity contribution is 8.15. The summed E-state index contributed by atoms with van der Waals surface area (Å²) in [6, 6.07) is 3.59. The fourth-order valence-electron chi connectivity index (χ4n) is 2.02. The van der Waals surface area contributed by atoms with Crippen molar-refractivity contribution in [1.29, 1.82) is 5.41 Å². The Kier molecular flexibility index (Phi) is 4.85. The molecule has 0 saturated carbocycles. The van der Waals surface area contributed by atoms with Gasteiger partial charge in [-0.3, -0.25) is 5.41 Å². The first-order valence-corrected chi connectivity index (χ1v) is 7.46. The van der Waals surface area contributed by atoms with Gasteiger partial charge in [-0.2, -0.15) is 4.99 Å². The van der Waals surface area contributed by atoms with Crippen LogP contribution in [-0.4, -0.2) is 43.9 Å². The van der Waals surface area contributed by atoms with Crippen LogP contribution < -0.4 is 9.47 Å². The van der Waals surface area contributed by atoms with Gasteiger partial charge in [-0.25, -0.2) is 4.79 Å². The highest BCUT2D eigenvalue weighted by atomic mass is 32.2. The van der Waals surface area contributed by atoms with Crippen molar-refractivity contribution in [2.24, 2.45) is 4.99 Å². The first-order valence-electron chi connectivity index (χ1n) is 6.24. The van der Waals surface area contributed by atoms with Crippen molar-refractivity contribution < 1.29 is 19.0 Å². The van der Waals surface area contributed by atoms with Crippen LogP contribution in [0.5, 0.6) is 11.5 Å². The summed E-state index contributed by atoms with van der Waals surface area (Å²) in [5.41, 5.74) is 1.78. The Hall–Kier alpha value is -2.02. The third-order valence-corrected chi connectivity index (χ3v) is 3.71. The predicted octanol–water partition coefficient (Wildman–Crippen LogP) is 2.53. The number of nitrogens with zero attached hydrogens (tertiary/aromatic N) is 1. The second kappa shape index (κ2) is 6.62. The third kappa shape index (κ3) is 3.18. The minimum atomic E-state index is -0.722. The summed E-state index contributed by atoms with van der Waals surface area (Å²) in [6.45, 7) is 0.605. The van der Waals surface area contributed by atoms with Crippen LogP contribution in [0.25, 0.3) is 0 Å². The summed E-state index contributed by atoms with van der Waals surface area (Å²) in [4.78, 5) is 15.0. The Morgan fingerprint density at radius 1 is 1.43 bits per heavy atom. The number of amides is 1. The van der Waals surface area contributed by atoms with Gasteiger partial charge in [0.25, 0.3) is 0 Å². The van der Waals surface area contributed by atoms with Crippen LogP contribution in [0.1, 0.15) is 11.1 Å². The van der Waals surface area contributed by atoms with Gasteiger partial charge in [0.05, 0.1) is 26.5 Å². The lowest BCUT2D eigenvalue weighted by molar-refractivity contribution is 0.183. The van der Waals surface area contributed by atoms with Crippen LogP contribution in [0.15, 0.2) is 17.1 Å². The molecule has 1 aromatic rings. The zero-order chi connectivity index (χ0) is 15.4. The van der Waals surface area contributed by atoms with E-state index in [0.29, 0.717) is 23.0 Å². The summed E-state index contributed by atoms with van der Waals surface area (Å²) >= 11 is 1.22. The van der Waals surface area contributed by atoms with Crippen molar-refractivity contribution in [3.05, 3.63) is 23.3 Å². The molecule has 7 heteroatoms. The largest absolute Gasteiger partial charge is 0.493 e. The molecule has 0 fully saturated rings. The molecule has 1 aliphatic rings. The zero-order valence-corrected chi connectivity index (χ0v) is 12.9. The Morgan fingerprint density at radius 2 is 2.19 bits per heavy atom. The molecular weight excluding hydrogens is 292 g/mol. The molecule has 1 aromatic carbocycles. The normalized spacial score (nSPS) is 13.4. The Morgan fingerprint density at radius 3 is 2.81 bits per heavy atom. The van der Waals surface area contributed by atoms with E-state index in [0.717, 1.165) is 17.7 Å². The monoisotopic (exact) mass is 308 g/mol. The number of aliphatic imine (C=N–C) groups is 1. The summed E-state index contributed by atoms with van der Waals surface area (Å²) in [5.74, 6) is 1.31. The molecule has 1 aliphatic heterocycles. The van der Waals surface area contributed by atoms with Crippen LogP contribution in [0.3, 0.4) is 0 Å². The highest BCUT2D eigenvalue weighted by Crippen LogP contribution is 2.37. The lowest BCUT2D eigenvalue weighted by atomic mass is 10.0. The van der Waals surface area contributed by atoms with Gasteiger partial charge in [0.1, 0.15) is 5.04 Å². The summed E-state index contributed by atoms with van der Waals surface area (Å²) < 4.78 is 15.3. The van der Waals surface area contributed by atoms with E-state index in [1.54, 1.807) is 19.4 Å². The zero-order valence-electron chi connectivity index (χ0n) is 12.1. The van der Waals surface area contributed by atoms with Gasteiger partial charge < -0.3 is 14.2 Å². The first kappa shape index (κ1) is 15.4. The minimum Gasteiger partial charge on any atom is -0.493 e. The van der Waals surface area contributed by atoms with E-state index in [1.165, 1.54) is 18.9 Å². The van der Waals surface area contributed by atoms with E-state index in [-0.39, 0.29) is 5.71 Å². The number of carbonyl (C=O) groups is 1. The molecule has 1 heterocycles.